The van der Waals surface area contributed by atoms with Crippen molar-refractivity contribution in [2.45, 2.75) is 49.1 Å². The molecular weight excluding hydrogens is 520 g/mol. The minimum Gasteiger partial charge on any atom is -0.370 e. The van der Waals surface area contributed by atoms with Gasteiger partial charge in [-0.15, -0.1) is 0 Å². The molecule has 0 aliphatic carbocycles. The third-order valence-electron chi connectivity index (χ3n) is 7.90. The number of sulfonamides is 1. The third kappa shape index (κ3) is 5.79. The van der Waals surface area contributed by atoms with Gasteiger partial charge < -0.3 is 14.5 Å². The van der Waals surface area contributed by atoms with E-state index in [9.17, 15) is 13.2 Å². The average Bonchev–Trinajstić information content (AvgIpc) is 3.40. The molecule has 0 spiro atoms. The van der Waals surface area contributed by atoms with Crippen molar-refractivity contribution >= 4 is 38.6 Å². The average molecular weight is 555 g/mol. The molecule has 3 aliphatic heterocycles. The Morgan fingerprint density at radius 2 is 1.76 bits per heavy atom. The summed E-state index contributed by atoms with van der Waals surface area (Å²) in [5, 5.41) is 7.79. The summed E-state index contributed by atoms with van der Waals surface area (Å²) in [7, 11) is -1.72. The molecule has 37 heavy (non-hydrogen) atoms. The van der Waals surface area contributed by atoms with Gasteiger partial charge in [0.1, 0.15) is 11.5 Å². The third-order valence-corrected chi connectivity index (χ3v) is 10.2. The maximum atomic E-state index is 13.6. The predicted octanol–water partition coefficient (Wildman–Crippen LogP) is 1.67. The maximum Gasteiger partial charge on any atom is 0.248 e. The zero-order chi connectivity index (χ0) is 26.0. The summed E-state index contributed by atoms with van der Waals surface area (Å²) < 4.78 is 39.2. The lowest BCUT2D eigenvalue weighted by molar-refractivity contribution is -0.138. The highest BCUT2D eigenvalue weighted by Gasteiger charge is 2.36. The van der Waals surface area contributed by atoms with Gasteiger partial charge in [-0.3, -0.25) is 9.69 Å². The summed E-state index contributed by atoms with van der Waals surface area (Å²) in [6.07, 6.45) is 4.68. The van der Waals surface area contributed by atoms with Crippen LogP contribution in [0.1, 0.15) is 32.1 Å². The monoisotopic (exact) mass is 554 g/mol. The smallest absolute Gasteiger partial charge is 0.248 e. The maximum absolute atomic E-state index is 13.6. The Labute approximate surface area is 222 Å². The number of fused-ring (bicyclic) bond motifs is 1. The van der Waals surface area contributed by atoms with E-state index in [-0.39, 0.29) is 46.1 Å². The van der Waals surface area contributed by atoms with Gasteiger partial charge in [0.2, 0.25) is 15.9 Å². The number of carbonyl (C=O) groups is 1. The van der Waals surface area contributed by atoms with E-state index in [2.05, 4.69) is 27.2 Å². The van der Waals surface area contributed by atoms with Crippen molar-refractivity contribution in [3.63, 3.8) is 0 Å². The molecule has 1 aromatic carbocycles. The molecule has 4 heterocycles. The molecule has 3 saturated heterocycles. The molecule has 11 nitrogen and oxygen atoms in total. The number of rotatable bonds is 7. The lowest BCUT2D eigenvalue weighted by Crippen LogP contribution is -2.54. The number of halogens is 1. The lowest BCUT2D eigenvalue weighted by atomic mass is 10.0. The van der Waals surface area contributed by atoms with Crippen molar-refractivity contribution in [2.75, 3.05) is 66.1 Å². The van der Waals surface area contributed by atoms with Crippen LogP contribution in [0.2, 0.25) is 5.02 Å². The van der Waals surface area contributed by atoms with Gasteiger partial charge in [0.15, 0.2) is 11.0 Å². The van der Waals surface area contributed by atoms with Crippen LogP contribution in [-0.4, -0.2) is 122 Å². The molecule has 3 fully saturated rings. The number of amides is 1. The van der Waals surface area contributed by atoms with Crippen LogP contribution in [0, 0.1) is 0 Å². The van der Waals surface area contributed by atoms with Crippen molar-refractivity contribution in [3.8, 4) is 0 Å². The number of hydrogen-bond acceptors (Lipinski definition) is 9. The first-order valence-electron chi connectivity index (χ1n) is 13.1. The minimum atomic E-state index is -3.89. The van der Waals surface area contributed by atoms with E-state index in [1.54, 1.807) is 0 Å². The van der Waals surface area contributed by atoms with Gasteiger partial charge in [0.25, 0.3) is 0 Å². The molecule has 0 bridgehead atoms. The van der Waals surface area contributed by atoms with Crippen LogP contribution >= 0.6 is 11.6 Å². The van der Waals surface area contributed by atoms with E-state index in [0.717, 1.165) is 39.0 Å². The Morgan fingerprint density at radius 3 is 2.51 bits per heavy atom. The van der Waals surface area contributed by atoms with Crippen molar-refractivity contribution in [2.24, 2.45) is 0 Å². The summed E-state index contributed by atoms with van der Waals surface area (Å²) in [6.45, 7) is 5.94. The van der Waals surface area contributed by atoms with Gasteiger partial charge >= 0.3 is 0 Å². The van der Waals surface area contributed by atoms with Crippen LogP contribution in [0.25, 0.3) is 11.0 Å². The Kier molecular flexibility index (Phi) is 8.32. The molecule has 0 radical (unpaired) electrons. The predicted molar refractivity (Wildman–Crippen MR) is 138 cm³/mol. The molecule has 13 heteroatoms. The molecular formula is C24H35ClN6O5S. The first kappa shape index (κ1) is 26.8. The highest BCUT2D eigenvalue weighted by atomic mass is 35.5. The number of piperidine rings is 2. The Balaban J connectivity index is 1.15. The van der Waals surface area contributed by atoms with E-state index >= 15 is 0 Å². The SMILES string of the molecule is CN1CCC(N2CCN(C(=O)COCC3CCCCN3S(=O)(=O)c3ccc(Cl)c4nonc34)CC2)CC1. The van der Waals surface area contributed by atoms with E-state index < -0.39 is 10.0 Å². The summed E-state index contributed by atoms with van der Waals surface area (Å²) in [5.41, 5.74) is 0.335. The van der Waals surface area contributed by atoms with E-state index in [4.69, 9.17) is 21.0 Å². The van der Waals surface area contributed by atoms with Crippen LogP contribution in [0.4, 0.5) is 0 Å². The lowest BCUT2D eigenvalue weighted by Gasteiger charge is -2.42. The van der Waals surface area contributed by atoms with Crippen LogP contribution in [0.3, 0.4) is 0 Å². The molecule has 0 saturated carbocycles. The first-order chi connectivity index (χ1) is 17.8. The fourth-order valence-electron chi connectivity index (χ4n) is 5.68. The molecule has 0 N–H and O–H groups in total. The molecule has 1 unspecified atom stereocenters. The Bertz CT molecular complexity index is 1190. The fourth-order valence-corrected chi connectivity index (χ4v) is 7.66. The van der Waals surface area contributed by atoms with Crippen molar-refractivity contribution in [1.82, 2.24) is 29.3 Å². The second-order valence-electron chi connectivity index (χ2n) is 10.2. The van der Waals surface area contributed by atoms with Gasteiger partial charge in [-0.25, -0.2) is 13.0 Å². The topological polar surface area (TPSA) is 112 Å². The van der Waals surface area contributed by atoms with Crippen molar-refractivity contribution in [1.29, 1.82) is 0 Å². The second kappa shape index (κ2) is 11.5. The number of ether oxygens (including phenoxy) is 1. The normalized spacial score (nSPS) is 23.6. The number of aromatic nitrogens is 2. The molecule has 3 aliphatic rings. The van der Waals surface area contributed by atoms with Gasteiger partial charge in [0, 0.05) is 44.8 Å². The molecule has 204 valence electrons. The molecule has 2 aromatic rings. The number of nitrogens with zero attached hydrogens (tertiary/aromatic N) is 6. The number of carbonyl (C=O) groups excluding carboxylic acids is 1. The van der Waals surface area contributed by atoms with Gasteiger partial charge in [-0.1, -0.05) is 18.0 Å². The number of benzene rings is 1. The highest BCUT2D eigenvalue weighted by molar-refractivity contribution is 7.89. The standard InChI is InChI=1S/C24H35ClN6O5S/c1-28-10-7-18(8-11-28)29-12-14-30(15-13-29)22(32)17-35-16-19-4-2-3-9-31(19)37(33,34)21-6-5-20(25)23-24(21)27-36-26-23/h5-6,18-19H,2-4,7-17H2,1H3. The quantitative estimate of drug-likeness (QED) is 0.504. The van der Waals surface area contributed by atoms with Crippen LogP contribution < -0.4 is 0 Å². The number of piperazine rings is 1. The largest absolute Gasteiger partial charge is 0.370 e. The molecule has 5 rings (SSSR count). The van der Waals surface area contributed by atoms with Crippen LogP contribution in [0.15, 0.2) is 21.7 Å². The first-order valence-corrected chi connectivity index (χ1v) is 14.9. The summed E-state index contributed by atoms with van der Waals surface area (Å²) in [5.74, 6) is -0.0404. The number of hydrogen-bond donors (Lipinski definition) is 0. The van der Waals surface area contributed by atoms with Gasteiger partial charge in [-0.2, -0.15) is 4.31 Å². The van der Waals surface area contributed by atoms with Crippen LogP contribution in [-0.2, 0) is 19.6 Å². The zero-order valence-corrected chi connectivity index (χ0v) is 22.8. The highest BCUT2D eigenvalue weighted by Crippen LogP contribution is 2.31. The van der Waals surface area contributed by atoms with E-state index in [1.807, 2.05) is 4.90 Å². The minimum absolute atomic E-state index is 0.0126. The Hall–Kier alpha value is -1.83. The molecule has 1 atom stereocenters. The summed E-state index contributed by atoms with van der Waals surface area (Å²) in [4.78, 5) is 19.6. The number of likely N-dealkylation sites (tertiary alicyclic amines) is 1. The second-order valence-corrected chi connectivity index (χ2v) is 12.5. The summed E-state index contributed by atoms with van der Waals surface area (Å²) in [6, 6.07) is 3.17. The van der Waals surface area contributed by atoms with Gasteiger partial charge in [-0.05, 0) is 68.3 Å². The summed E-state index contributed by atoms with van der Waals surface area (Å²) >= 11 is 6.12. The van der Waals surface area contributed by atoms with Crippen LogP contribution in [0.5, 0.6) is 0 Å². The fraction of sp³-hybridized carbons (Fsp3) is 0.708. The van der Waals surface area contributed by atoms with Gasteiger partial charge in [0.05, 0.1) is 11.6 Å². The zero-order valence-electron chi connectivity index (χ0n) is 21.2. The van der Waals surface area contributed by atoms with Crippen molar-refractivity contribution < 1.29 is 22.6 Å². The van der Waals surface area contributed by atoms with E-state index in [0.29, 0.717) is 32.1 Å². The molecule has 1 amide bonds. The Morgan fingerprint density at radius 1 is 1.03 bits per heavy atom. The van der Waals surface area contributed by atoms with Crippen molar-refractivity contribution in [3.05, 3.63) is 17.2 Å². The van der Waals surface area contributed by atoms with E-state index in [1.165, 1.54) is 29.3 Å². The molecule has 1 aromatic heterocycles.